The predicted octanol–water partition coefficient (Wildman–Crippen LogP) is 2.10. The number of rotatable bonds is 3. The molecular formula is C9H12N4S. The molecule has 14 heavy (non-hydrogen) atoms. The van der Waals surface area contributed by atoms with Crippen LogP contribution in [0.15, 0.2) is 12.3 Å². The molecule has 0 atom stereocenters. The van der Waals surface area contributed by atoms with Gasteiger partial charge in [0.1, 0.15) is 0 Å². The number of aromatic nitrogens is 3. The minimum Gasteiger partial charge on any atom is -0.356 e. The third-order valence-corrected chi connectivity index (χ3v) is 2.67. The van der Waals surface area contributed by atoms with Gasteiger partial charge in [-0.1, -0.05) is 0 Å². The summed E-state index contributed by atoms with van der Waals surface area (Å²) in [6.45, 7) is 4.75. The van der Waals surface area contributed by atoms with Gasteiger partial charge < -0.3 is 5.32 Å². The highest BCUT2D eigenvalue weighted by Crippen LogP contribution is 2.16. The van der Waals surface area contributed by atoms with Crippen molar-refractivity contribution < 1.29 is 0 Å². The number of nitrogens with zero attached hydrogens (tertiary/aromatic N) is 2. The Kier molecular flexibility index (Phi) is 2.49. The van der Waals surface area contributed by atoms with Crippen molar-refractivity contribution in [1.29, 1.82) is 0 Å². The zero-order valence-electron chi connectivity index (χ0n) is 8.16. The monoisotopic (exact) mass is 208 g/mol. The number of aromatic amines is 1. The highest BCUT2D eigenvalue weighted by molar-refractivity contribution is 7.15. The second-order valence-corrected chi connectivity index (χ2v) is 4.41. The van der Waals surface area contributed by atoms with Crippen molar-refractivity contribution in [1.82, 2.24) is 15.2 Å². The number of H-pyrrole nitrogens is 1. The second kappa shape index (κ2) is 3.79. The molecular weight excluding hydrogens is 196 g/mol. The molecule has 2 heterocycles. The van der Waals surface area contributed by atoms with E-state index in [4.69, 9.17) is 0 Å². The lowest BCUT2D eigenvalue weighted by molar-refractivity contribution is 0.966. The Labute approximate surface area is 86.4 Å². The molecule has 5 heteroatoms. The van der Waals surface area contributed by atoms with Gasteiger partial charge in [-0.15, -0.1) is 11.3 Å². The van der Waals surface area contributed by atoms with E-state index in [1.807, 2.05) is 26.1 Å². The van der Waals surface area contributed by atoms with Crippen LogP contribution in [-0.4, -0.2) is 15.2 Å². The Balaban J connectivity index is 1.94. The highest BCUT2D eigenvalue weighted by atomic mass is 32.1. The van der Waals surface area contributed by atoms with E-state index in [1.165, 1.54) is 4.88 Å². The van der Waals surface area contributed by atoms with Gasteiger partial charge in [-0.3, -0.25) is 5.10 Å². The molecule has 2 N–H and O–H groups in total. The lowest BCUT2D eigenvalue weighted by Crippen LogP contribution is -1.98. The average Bonchev–Trinajstić information content (AvgIpc) is 2.72. The fourth-order valence-corrected chi connectivity index (χ4v) is 1.83. The van der Waals surface area contributed by atoms with Crippen molar-refractivity contribution >= 4 is 16.5 Å². The summed E-state index contributed by atoms with van der Waals surface area (Å²) in [6, 6.07) is 2.02. The van der Waals surface area contributed by atoms with E-state index in [0.717, 1.165) is 23.1 Å². The number of nitrogens with one attached hydrogen (secondary N) is 2. The molecule has 0 radical (unpaired) electrons. The van der Waals surface area contributed by atoms with Gasteiger partial charge in [-0.25, -0.2) is 4.98 Å². The molecule has 0 aliphatic carbocycles. The molecule has 0 spiro atoms. The molecule has 0 saturated heterocycles. The van der Waals surface area contributed by atoms with Crippen LogP contribution < -0.4 is 5.32 Å². The van der Waals surface area contributed by atoms with E-state index in [1.54, 1.807) is 11.3 Å². The third-order valence-electron chi connectivity index (χ3n) is 1.80. The van der Waals surface area contributed by atoms with Gasteiger partial charge in [-0.2, -0.15) is 5.10 Å². The average molecular weight is 208 g/mol. The van der Waals surface area contributed by atoms with Crippen molar-refractivity contribution in [3.63, 3.8) is 0 Å². The summed E-state index contributed by atoms with van der Waals surface area (Å²) in [6.07, 6.45) is 1.86. The predicted molar refractivity (Wildman–Crippen MR) is 57.5 cm³/mol. The van der Waals surface area contributed by atoms with Crippen molar-refractivity contribution in [2.24, 2.45) is 0 Å². The third kappa shape index (κ3) is 2.11. The molecule has 0 bridgehead atoms. The van der Waals surface area contributed by atoms with E-state index in [-0.39, 0.29) is 0 Å². The van der Waals surface area contributed by atoms with Crippen molar-refractivity contribution in [2.45, 2.75) is 20.4 Å². The number of thiazole rings is 1. The van der Waals surface area contributed by atoms with E-state index in [9.17, 15) is 0 Å². The molecule has 0 aromatic carbocycles. The van der Waals surface area contributed by atoms with Gasteiger partial charge in [-0.05, 0) is 19.9 Å². The zero-order valence-corrected chi connectivity index (χ0v) is 8.98. The van der Waals surface area contributed by atoms with Crippen LogP contribution in [0.1, 0.15) is 16.3 Å². The fraction of sp³-hybridized carbons (Fsp3) is 0.333. The first-order valence-electron chi connectivity index (χ1n) is 4.41. The van der Waals surface area contributed by atoms with Crippen LogP contribution in [0.5, 0.6) is 0 Å². The molecule has 0 aliphatic heterocycles. The number of anilines is 1. The molecule has 2 aromatic rings. The Hall–Kier alpha value is -1.36. The van der Waals surface area contributed by atoms with Crippen LogP contribution in [0.3, 0.4) is 0 Å². The Morgan fingerprint density at radius 1 is 1.50 bits per heavy atom. The largest absolute Gasteiger partial charge is 0.356 e. The number of hydrogen-bond acceptors (Lipinski definition) is 4. The van der Waals surface area contributed by atoms with Gasteiger partial charge in [0, 0.05) is 16.8 Å². The molecule has 0 unspecified atom stereocenters. The van der Waals surface area contributed by atoms with Crippen LogP contribution in [-0.2, 0) is 6.54 Å². The Morgan fingerprint density at radius 3 is 2.93 bits per heavy atom. The zero-order chi connectivity index (χ0) is 9.97. The first-order chi connectivity index (χ1) is 6.74. The molecule has 2 aromatic heterocycles. The molecule has 74 valence electrons. The molecule has 4 nitrogen and oxygen atoms in total. The van der Waals surface area contributed by atoms with Crippen LogP contribution in [0.25, 0.3) is 0 Å². The standard InChI is InChI=1S/C9H12N4S/c1-6-3-8(13-12-6)5-11-9-10-4-7(2)14-9/h3-4H,5H2,1-2H3,(H,10,11)(H,12,13). The summed E-state index contributed by atoms with van der Waals surface area (Å²) < 4.78 is 0. The molecule has 0 fully saturated rings. The van der Waals surface area contributed by atoms with Crippen LogP contribution in [0, 0.1) is 13.8 Å². The van der Waals surface area contributed by atoms with Gasteiger partial charge in [0.15, 0.2) is 5.13 Å². The van der Waals surface area contributed by atoms with E-state index in [0.29, 0.717) is 0 Å². The van der Waals surface area contributed by atoms with E-state index in [2.05, 4.69) is 20.5 Å². The summed E-state index contributed by atoms with van der Waals surface area (Å²) in [5.74, 6) is 0. The van der Waals surface area contributed by atoms with Gasteiger partial charge in [0.2, 0.25) is 0 Å². The van der Waals surface area contributed by atoms with Crippen LogP contribution in [0.2, 0.25) is 0 Å². The highest BCUT2D eigenvalue weighted by Gasteiger charge is 2.00. The Bertz CT molecular complexity index is 378. The molecule has 0 saturated carbocycles. The summed E-state index contributed by atoms with van der Waals surface area (Å²) in [5, 5.41) is 11.2. The SMILES string of the molecule is Cc1cc(CNc2ncc(C)s2)n[nH]1. The lowest BCUT2D eigenvalue weighted by Gasteiger charge is -1.97. The first-order valence-corrected chi connectivity index (χ1v) is 5.23. The fourth-order valence-electron chi connectivity index (χ4n) is 1.17. The Morgan fingerprint density at radius 2 is 2.36 bits per heavy atom. The van der Waals surface area contributed by atoms with Gasteiger partial charge in [0.25, 0.3) is 0 Å². The molecule has 2 rings (SSSR count). The number of hydrogen-bond donors (Lipinski definition) is 2. The lowest BCUT2D eigenvalue weighted by atomic mass is 10.4. The maximum Gasteiger partial charge on any atom is 0.183 e. The maximum absolute atomic E-state index is 4.21. The summed E-state index contributed by atoms with van der Waals surface area (Å²) in [4.78, 5) is 5.42. The smallest absolute Gasteiger partial charge is 0.183 e. The minimum atomic E-state index is 0.720. The van der Waals surface area contributed by atoms with E-state index < -0.39 is 0 Å². The first kappa shape index (κ1) is 9.21. The molecule has 0 amide bonds. The minimum absolute atomic E-state index is 0.720. The summed E-state index contributed by atoms with van der Waals surface area (Å²) in [7, 11) is 0. The number of aryl methyl sites for hydroxylation is 2. The van der Waals surface area contributed by atoms with Crippen molar-refractivity contribution in [3.8, 4) is 0 Å². The van der Waals surface area contributed by atoms with Crippen molar-refractivity contribution in [3.05, 3.63) is 28.5 Å². The second-order valence-electron chi connectivity index (χ2n) is 3.17. The summed E-state index contributed by atoms with van der Waals surface area (Å²) in [5.41, 5.74) is 2.09. The molecule has 0 aliphatic rings. The normalized spacial score (nSPS) is 10.4. The van der Waals surface area contributed by atoms with Gasteiger partial charge >= 0.3 is 0 Å². The van der Waals surface area contributed by atoms with E-state index >= 15 is 0 Å². The van der Waals surface area contributed by atoms with Crippen LogP contribution in [0.4, 0.5) is 5.13 Å². The summed E-state index contributed by atoms with van der Waals surface area (Å²) >= 11 is 1.65. The van der Waals surface area contributed by atoms with Crippen molar-refractivity contribution in [2.75, 3.05) is 5.32 Å². The quantitative estimate of drug-likeness (QED) is 0.812. The van der Waals surface area contributed by atoms with Crippen LogP contribution >= 0.6 is 11.3 Å². The maximum atomic E-state index is 4.21. The van der Waals surface area contributed by atoms with Gasteiger partial charge in [0.05, 0.1) is 12.2 Å². The topological polar surface area (TPSA) is 53.6 Å².